The largest absolute Gasteiger partial charge is 0.493 e. The summed E-state index contributed by atoms with van der Waals surface area (Å²) in [7, 11) is 2.86. The number of methoxy groups -OCH3 is 3. The minimum absolute atomic E-state index is 0.130. The summed E-state index contributed by atoms with van der Waals surface area (Å²) in [6, 6.07) is 9.71. The van der Waals surface area contributed by atoms with Gasteiger partial charge in [0.05, 0.1) is 27.3 Å². The molecule has 0 bridgehead atoms. The third kappa shape index (κ3) is 9.34. The van der Waals surface area contributed by atoms with Gasteiger partial charge in [0.1, 0.15) is 12.1 Å². The third-order valence-electron chi connectivity index (χ3n) is 6.54. The van der Waals surface area contributed by atoms with Crippen LogP contribution in [0.25, 0.3) is 0 Å². The topological polar surface area (TPSA) is 138 Å². The molecule has 0 spiro atoms. The standard InChI is InChI=1S/C29H44BN3O7/c1-17(2)12-26(30(36)37)33-28(34)19(5)31-29(35)23(32-22-11-9-10-21(16-22)18(3)4)13-20-14-24(38-6)27(40-8)25(15-20)39-7/h9-11,14-19,23,26,32,36-37H,12-13H2,1-8H3,(H,31,35)(H,33,34)/t19-,23-,26+/m0/s1. The summed E-state index contributed by atoms with van der Waals surface area (Å²) in [5, 5.41) is 28.1. The average molecular weight is 557 g/mol. The molecule has 0 unspecified atom stereocenters. The van der Waals surface area contributed by atoms with Crippen molar-refractivity contribution in [3.8, 4) is 17.2 Å². The van der Waals surface area contributed by atoms with Crippen molar-refractivity contribution in [2.45, 2.75) is 71.4 Å². The molecular weight excluding hydrogens is 513 g/mol. The average Bonchev–Trinajstić information content (AvgIpc) is 2.91. The Hall–Kier alpha value is -3.44. The molecule has 2 aromatic carbocycles. The van der Waals surface area contributed by atoms with Gasteiger partial charge >= 0.3 is 7.12 Å². The molecule has 0 fully saturated rings. The number of rotatable bonds is 15. The van der Waals surface area contributed by atoms with Gasteiger partial charge in [-0.15, -0.1) is 0 Å². The van der Waals surface area contributed by atoms with Crippen molar-refractivity contribution < 1.29 is 33.8 Å². The maximum absolute atomic E-state index is 13.6. The summed E-state index contributed by atoms with van der Waals surface area (Å²) < 4.78 is 16.4. The fraction of sp³-hybridized carbons (Fsp3) is 0.517. The molecule has 2 amide bonds. The van der Waals surface area contributed by atoms with E-state index in [1.54, 1.807) is 19.1 Å². The molecule has 2 rings (SSSR count). The highest BCUT2D eigenvalue weighted by atomic mass is 16.5. The number of nitrogens with one attached hydrogen (secondary N) is 3. The molecule has 10 nitrogen and oxygen atoms in total. The fourth-order valence-electron chi connectivity index (χ4n) is 4.34. The first-order valence-corrected chi connectivity index (χ1v) is 13.5. The minimum atomic E-state index is -1.71. The number of hydrogen-bond acceptors (Lipinski definition) is 8. The molecule has 11 heteroatoms. The van der Waals surface area contributed by atoms with Gasteiger partial charge in [-0.2, -0.15) is 0 Å². The van der Waals surface area contributed by atoms with E-state index in [1.165, 1.54) is 21.3 Å². The molecule has 0 aromatic heterocycles. The van der Waals surface area contributed by atoms with E-state index in [4.69, 9.17) is 14.2 Å². The van der Waals surface area contributed by atoms with Crippen LogP contribution in [-0.2, 0) is 16.0 Å². The second kappa shape index (κ2) is 15.4. The maximum atomic E-state index is 13.6. The number of carbonyl (C=O) groups excluding carboxylic acids is 2. The Labute approximate surface area is 237 Å². The molecule has 0 radical (unpaired) electrons. The van der Waals surface area contributed by atoms with Crippen LogP contribution in [0.4, 0.5) is 5.69 Å². The molecule has 0 aliphatic carbocycles. The van der Waals surface area contributed by atoms with Crippen LogP contribution in [0.15, 0.2) is 36.4 Å². The van der Waals surface area contributed by atoms with E-state index in [0.29, 0.717) is 29.6 Å². The van der Waals surface area contributed by atoms with Crippen LogP contribution in [0.5, 0.6) is 17.2 Å². The molecule has 0 saturated carbocycles. The zero-order valence-electron chi connectivity index (χ0n) is 24.8. The molecule has 2 aromatic rings. The SMILES string of the molecule is COc1cc(C[C@H](Nc2cccc(C(C)C)c2)C(=O)N[C@@H](C)C(=O)N[C@H](CC(C)C)B(O)O)cc(OC)c1OC. The van der Waals surface area contributed by atoms with Crippen LogP contribution in [-0.4, -0.2) is 68.3 Å². The van der Waals surface area contributed by atoms with Gasteiger partial charge in [0.2, 0.25) is 17.6 Å². The molecule has 0 heterocycles. The molecule has 220 valence electrons. The fourth-order valence-corrected chi connectivity index (χ4v) is 4.34. The van der Waals surface area contributed by atoms with Gasteiger partial charge in [-0.3, -0.25) is 9.59 Å². The van der Waals surface area contributed by atoms with Crippen LogP contribution in [0.3, 0.4) is 0 Å². The zero-order chi connectivity index (χ0) is 30.0. The lowest BCUT2D eigenvalue weighted by molar-refractivity contribution is -0.129. The second-order valence-electron chi connectivity index (χ2n) is 10.6. The summed E-state index contributed by atoms with van der Waals surface area (Å²) in [6.45, 7) is 9.57. The van der Waals surface area contributed by atoms with Crippen LogP contribution in [0.2, 0.25) is 0 Å². The van der Waals surface area contributed by atoms with E-state index in [-0.39, 0.29) is 12.3 Å². The first-order chi connectivity index (χ1) is 18.9. The quantitative estimate of drug-likeness (QED) is 0.211. The van der Waals surface area contributed by atoms with Crippen molar-refractivity contribution in [2.24, 2.45) is 5.92 Å². The monoisotopic (exact) mass is 557 g/mol. The van der Waals surface area contributed by atoms with Gasteiger partial charge in [0.15, 0.2) is 11.5 Å². The maximum Gasteiger partial charge on any atom is 0.475 e. The number of ether oxygens (including phenoxy) is 3. The Morgan fingerprint density at radius 1 is 0.875 bits per heavy atom. The van der Waals surface area contributed by atoms with E-state index >= 15 is 0 Å². The van der Waals surface area contributed by atoms with E-state index in [2.05, 4.69) is 29.8 Å². The Balaban J connectivity index is 2.33. The Bertz CT molecular complexity index is 1100. The van der Waals surface area contributed by atoms with Gasteiger partial charge in [-0.25, -0.2) is 0 Å². The minimum Gasteiger partial charge on any atom is -0.493 e. The predicted octanol–water partition coefficient (Wildman–Crippen LogP) is 2.91. The van der Waals surface area contributed by atoms with E-state index in [9.17, 15) is 19.6 Å². The third-order valence-corrected chi connectivity index (χ3v) is 6.54. The summed E-state index contributed by atoms with van der Waals surface area (Å²) in [5.41, 5.74) is 2.62. The molecule has 3 atom stereocenters. The van der Waals surface area contributed by atoms with Gasteiger partial charge in [-0.05, 0) is 60.6 Å². The summed E-state index contributed by atoms with van der Waals surface area (Å²) >= 11 is 0. The van der Waals surface area contributed by atoms with Crippen molar-refractivity contribution in [1.29, 1.82) is 0 Å². The molecule has 0 aliphatic rings. The van der Waals surface area contributed by atoms with Crippen LogP contribution >= 0.6 is 0 Å². The Kier molecular flexibility index (Phi) is 12.6. The smallest absolute Gasteiger partial charge is 0.475 e. The lowest BCUT2D eigenvalue weighted by atomic mass is 9.75. The van der Waals surface area contributed by atoms with Gasteiger partial charge in [0, 0.05) is 12.1 Å². The van der Waals surface area contributed by atoms with Gasteiger partial charge in [-0.1, -0.05) is 39.8 Å². The first-order valence-electron chi connectivity index (χ1n) is 13.5. The summed E-state index contributed by atoms with van der Waals surface area (Å²) in [6.07, 6.45) is 0.621. The molecular formula is C29H44BN3O7. The van der Waals surface area contributed by atoms with Crippen LogP contribution in [0.1, 0.15) is 58.1 Å². The van der Waals surface area contributed by atoms with Crippen LogP contribution in [0, 0.1) is 5.92 Å². The number of amides is 2. The van der Waals surface area contributed by atoms with Crippen molar-refractivity contribution in [1.82, 2.24) is 10.6 Å². The normalized spacial score (nSPS) is 13.3. The molecule has 40 heavy (non-hydrogen) atoms. The lowest BCUT2D eigenvalue weighted by Gasteiger charge is -2.25. The number of hydrogen-bond donors (Lipinski definition) is 5. The van der Waals surface area contributed by atoms with Crippen molar-refractivity contribution in [2.75, 3.05) is 26.6 Å². The van der Waals surface area contributed by atoms with E-state index in [0.717, 1.165) is 16.8 Å². The van der Waals surface area contributed by atoms with E-state index in [1.807, 2.05) is 38.1 Å². The molecule has 5 N–H and O–H groups in total. The van der Waals surface area contributed by atoms with Crippen molar-refractivity contribution in [3.05, 3.63) is 47.5 Å². The highest BCUT2D eigenvalue weighted by Gasteiger charge is 2.30. The number of benzene rings is 2. The first kappa shape index (κ1) is 32.8. The summed E-state index contributed by atoms with van der Waals surface area (Å²) in [4.78, 5) is 26.4. The van der Waals surface area contributed by atoms with Crippen molar-refractivity contribution in [3.63, 3.8) is 0 Å². The summed E-state index contributed by atoms with van der Waals surface area (Å²) in [5.74, 6) is 0.0305. The van der Waals surface area contributed by atoms with Crippen LogP contribution < -0.4 is 30.2 Å². The van der Waals surface area contributed by atoms with Crippen molar-refractivity contribution >= 4 is 24.6 Å². The van der Waals surface area contributed by atoms with Gasteiger partial charge in [0.25, 0.3) is 0 Å². The predicted molar refractivity (Wildman–Crippen MR) is 157 cm³/mol. The lowest BCUT2D eigenvalue weighted by Crippen LogP contribution is -2.55. The number of anilines is 1. The highest BCUT2D eigenvalue weighted by molar-refractivity contribution is 6.43. The number of carbonyl (C=O) groups is 2. The Morgan fingerprint density at radius 3 is 2.00 bits per heavy atom. The second-order valence-corrected chi connectivity index (χ2v) is 10.6. The van der Waals surface area contributed by atoms with E-state index < -0.39 is 37.0 Å². The zero-order valence-corrected chi connectivity index (χ0v) is 24.8. The highest BCUT2D eigenvalue weighted by Crippen LogP contribution is 2.38. The van der Waals surface area contributed by atoms with Gasteiger partial charge < -0.3 is 40.2 Å². The molecule has 0 saturated heterocycles. The molecule has 0 aliphatic heterocycles. The Morgan fingerprint density at radius 2 is 1.50 bits per heavy atom.